The van der Waals surface area contributed by atoms with E-state index in [4.69, 9.17) is 11.6 Å². The third-order valence-electron chi connectivity index (χ3n) is 3.46. The summed E-state index contributed by atoms with van der Waals surface area (Å²) in [4.78, 5) is 11.5. The fourth-order valence-electron chi connectivity index (χ4n) is 2.60. The average molecular weight is 295 g/mol. The quantitative estimate of drug-likeness (QED) is 0.849. The third-order valence-corrected chi connectivity index (χ3v) is 3.77. The van der Waals surface area contributed by atoms with E-state index in [2.05, 4.69) is 5.32 Å². The molecule has 0 saturated heterocycles. The van der Waals surface area contributed by atoms with Crippen LogP contribution in [0.5, 0.6) is 0 Å². The summed E-state index contributed by atoms with van der Waals surface area (Å²) < 4.78 is 15.2. The molecule has 4 nitrogen and oxygen atoms in total. The SMILES string of the molecule is O=C(O)n1c(-c2c(F)cccc2Cl)cc2c1CCNC2. The van der Waals surface area contributed by atoms with E-state index < -0.39 is 11.9 Å². The topological polar surface area (TPSA) is 54.3 Å². The fraction of sp³-hybridized carbons (Fsp3) is 0.214. The molecule has 0 spiro atoms. The number of carboxylic acid groups (broad SMARTS) is 1. The van der Waals surface area contributed by atoms with Gasteiger partial charge in [-0.05, 0) is 23.8 Å². The highest BCUT2D eigenvalue weighted by Crippen LogP contribution is 2.34. The van der Waals surface area contributed by atoms with Crippen LogP contribution in [-0.2, 0) is 13.0 Å². The standard InChI is InChI=1S/C14H12ClFN2O2/c15-9-2-1-3-10(16)13(9)12-6-8-7-17-5-4-11(8)18(12)14(19)20/h1-3,6,17H,4-5,7H2,(H,19,20). The first kappa shape index (κ1) is 13.1. The van der Waals surface area contributed by atoms with Crippen molar-refractivity contribution >= 4 is 17.7 Å². The summed E-state index contributed by atoms with van der Waals surface area (Å²) in [5.74, 6) is -0.525. The maximum atomic E-state index is 14.0. The zero-order valence-electron chi connectivity index (χ0n) is 10.5. The lowest BCUT2D eigenvalue weighted by molar-refractivity contribution is 0.196. The Hall–Kier alpha value is -1.85. The Morgan fingerprint density at radius 2 is 2.25 bits per heavy atom. The normalized spacial score (nSPS) is 14.1. The maximum absolute atomic E-state index is 14.0. The van der Waals surface area contributed by atoms with E-state index in [0.717, 1.165) is 10.1 Å². The molecule has 1 aromatic carbocycles. The van der Waals surface area contributed by atoms with Crippen molar-refractivity contribution in [3.05, 3.63) is 46.4 Å². The summed E-state index contributed by atoms with van der Waals surface area (Å²) in [5, 5.41) is 12.8. The first-order valence-electron chi connectivity index (χ1n) is 6.21. The van der Waals surface area contributed by atoms with E-state index in [-0.39, 0.29) is 16.3 Å². The predicted molar refractivity (Wildman–Crippen MR) is 73.7 cm³/mol. The molecule has 1 aromatic heterocycles. The van der Waals surface area contributed by atoms with Gasteiger partial charge >= 0.3 is 6.09 Å². The molecule has 1 aliphatic rings. The second-order valence-electron chi connectivity index (χ2n) is 4.64. The van der Waals surface area contributed by atoms with Crippen LogP contribution in [0.3, 0.4) is 0 Å². The van der Waals surface area contributed by atoms with E-state index in [9.17, 15) is 14.3 Å². The van der Waals surface area contributed by atoms with Crippen molar-refractivity contribution in [3.8, 4) is 11.3 Å². The second-order valence-corrected chi connectivity index (χ2v) is 5.05. The lowest BCUT2D eigenvalue weighted by atomic mass is 10.1. The van der Waals surface area contributed by atoms with Crippen LogP contribution >= 0.6 is 11.6 Å². The molecular formula is C14H12ClFN2O2. The lowest BCUT2D eigenvalue weighted by Gasteiger charge is -2.15. The molecule has 0 aliphatic carbocycles. The number of halogens is 2. The number of carbonyl (C=O) groups is 1. The zero-order valence-corrected chi connectivity index (χ0v) is 11.2. The van der Waals surface area contributed by atoms with Gasteiger partial charge in [0.15, 0.2) is 0 Å². The van der Waals surface area contributed by atoms with Gasteiger partial charge < -0.3 is 10.4 Å². The lowest BCUT2D eigenvalue weighted by Crippen LogP contribution is -2.26. The molecule has 0 atom stereocenters. The summed E-state index contributed by atoms with van der Waals surface area (Å²) >= 11 is 6.04. The van der Waals surface area contributed by atoms with E-state index in [1.807, 2.05) is 0 Å². The van der Waals surface area contributed by atoms with Gasteiger partial charge in [0.25, 0.3) is 0 Å². The molecule has 0 saturated carbocycles. The highest BCUT2D eigenvalue weighted by Gasteiger charge is 2.25. The van der Waals surface area contributed by atoms with Crippen molar-refractivity contribution in [1.82, 2.24) is 9.88 Å². The van der Waals surface area contributed by atoms with Crippen LogP contribution < -0.4 is 5.32 Å². The molecule has 2 N–H and O–H groups in total. The number of hydrogen-bond donors (Lipinski definition) is 2. The molecule has 20 heavy (non-hydrogen) atoms. The van der Waals surface area contributed by atoms with Gasteiger partial charge in [0, 0.05) is 25.2 Å². The zero-order chi connectivity index (χ0) is 14.3. The van der Waals surface area contributed by atoms with Gasteiger partial charge in [-0.1, -0.05) is 17.7 Å². The Morgan fingerprint density at radius 1 is 1.45 bits per heavy atom. The van der Waals surface area contributed by atoms with E-state index in [0.29, 0.717) is 25.2 Å². The average Bonchev–Trinajstić information content (AvgIpc) is 2.77. The minimum absolute atomic E-state index is 0.131. The summed E-state index contributed by atoms with van der Waals surface area (Å²) in [6, 6.07) is 6.02. The number of nitrogens with zero attached hydrogens (tertiary/aromatic N) is 1. The molecule has 2 heterocycles. The number of hydrogen-bond acceptors (Lipinski definition) is 2. The van der Waals surface area contributed by atoms with Crippen LogP contribution in [0.25, 0.3) is 11.3 Å². The monoisotopic (exact) mass is 294 g/mol. The van der Waals surface area contributed by atoms with Crippen molar-refractivity contribution in [2.45, 2.75) is 13.0 Å². The van der Waals surface area contributed by atoms with E-state index in [1.165, 1.54) is 12.1 Å². The van der Waals surface area contributed by atoms with Crippen LogP contribution in [0, 0.1) is 5.82 Å². The Morgan fingerprint density at radius 3 is 2.95 bits per heavy atom. The minimum atomic E-state index is -1.12. The van der Waals surface area contributed by atoms with Gasteiger partial charge in [-0.3, -0.25) is 0 Å². The summed E-state index contributed by atoms with van der Waals surface area (Å²) in [5.41, 5.74) is 1.99. The van der Waals surface area contributed by atoms with E-state index in [1.54, 1.807) is 12.1 Å². The van der Waals surface area contributed by atoms with Crippen LogP contribution in [-0.4, -0.2) is 22.3 Å². The molecule has 0 amide bonds. The van der Waals surface area contributed by atoms with Gasteiger partial charge in [-0.2, -0.15) is 0 Å². The molecule has 0 fully saturated rings. The number of aromatic nitrogens is 1. The van der Waals surface area contributed by atoms with Crippen molar-refractivity contribution < 1.29 is 14.3 Å². The van der Waals surface area contributed by atoms with Gasteiger partial charge in [-0.15, -0.1) is 0 Å². The molecule has 3 rings (SSSR count). The largest absolute Gasteiger partial charge is 0.464 e. The summed E-state index contributed by atoms with van der Waals surface area (Å²) in [7, 11) is 0. The maximum Gasteiger partial charge on any atom is 0.416 e. The molecule has 0 bridgehead atoms. The Labute approximate surface area is 119 Å². The smallest absolute Gasteiger partial charge is 0.416 e. The molecule has 6 heteroatoms. The number of fused-ring (bicyclic) bond motifs is 1. The minimum Gasteiger partial charge on any atom is -0.464 e. The fourth-order valence-corrected chi connectivity index (χ4v) is 2.86. The number of nitrogens with one attached hydrogen (secondary N) is 1. The van der Waals surface area contributed by atoms with Crippen LogP contribution in [0.4, 0.5) is 9.18 Å². The van der Waals surface area contributed by atoms with Gasteiger partial charge in [-0.25, -0.2) is 13.8 Å². The van der Waals surface area contributed by atoms with Crippen molar-refractivity contribution in [1.29, 1.82) is 0 Å². The third kappa shape index (κ3) is 1.99. The molecule has 1 aliphatic heterocycles. The van der Waals surface area contributed by atoms with Gasteiger partial charge in [0.05, 0.1) is 16.3 Å². The van der Waals surface area contributed by atoms with E-state index >= 15 is 0 Å². The number of rotatable bonds is 1. The highest BCUT2D eigenvalue weighted by molar-refractivity contribution is 6.33. The molecule has 104 valence electrons. The van der Waals surface area contributed by atoms with Gasteiger partial charge in [0.2, 0.25) is 0 Å². The second kappa shape index (κ2) is 4.92. The predicted octanol–water partition coefficient (Wildman–Crippen LogP) is 3.12. The summed E-state index contributed by atoms with van der Waals surface area (Å²) in [6.45, 7) is 1.28. The van der Waals surface area contributed by atoms with Crippen LogP contribution in [0.2, 0.25) is 5.02 Å². The van der Waals surface area contributed by atoms with Crippen molar-refractivity contribution in [2.24, 2.45) is 0 Å². The first-order valence-corrected chi connectivity index (χ1v) is 6.59. The summed E-state index contributed by atoms with van der Waals surface area (Å²) in [6.07, 6.45) is -0.532. The molecule has 0 radical (unpaired) electrons. The highest BCUT2D eigenvalue weighted by atomic mass is 35.5. The molecule has 0 unspecified atom stereocenters. The number of benzene rings is 1. The Kier molecular flexibility index (Phi) is 3.23. The van der Waals surface area contributed by atoms with Crippen LogP contribution in [0.1, 0.15) is 11.3 Å². The molecular weight excluding hydrogens is 283 g/mol. The Bertz CT molecular complexity index is 676. The van der Waals surface area contributed by atoms with Crippen molar-refractivity contribution in [2.75, 3.05) is 6.54 Å². The Balaban J connectivity index is 2.29. The van der Waals surface area contributed by atoms with Crippen molar-refractivity contribution in [3.63, 3.8) is 0 Å². The van der Waals surface area contributed by atoms with Crippen LogP contribution in [0.15, 0.2) is 24.3 Å². The molecule has 2 aromatic rings. The van der Waals surface area contributed by atoms with Gasteiger partial charge in [0.1, 0.15) is 5.82 Å². The first-order chi connectivity index (χ1) is 9.59.